The molecule has 6 nitrogen and oxygen atoms in total. The molecular formula is C17H18F2N2O4. The van der Waals surface area contributed by atoms with E-state index in [2.05, 4.69) is 5.32 Å². The minimum atomic E-state index is -1.09. The van der Waals surface area contributed by atoms with Crippen LogP contribution < -0.4 is 10.6 Å². The third-order valence-electron chi connectivity index (χ3n) is 3.53. The summed E-state index contributed by atoms with van der Waals surface area (Å²) in [5.74, 6) is -2.61. The van der Waals surface area contributed by atoms with E-state index in [1.54, 1.807) is 19.9 Å². The summed E-state index contributed by atoms with van der Waals surface area (Å²) in [6.45, 7) is 3.50. The van der Waals surface area contributed by atoms with Gasteiger partial charge in [0.25, 0.3) is 0 Å². The van der Waals surface area contributed by atoms with E-state index >= 15 is 0 Å². The fourth-order valence-corrected chi connectivity index (χ4v) is 2.31. The van der Waals surface area contributed by atoms with Gasteiger partial charge in [-0.2, -0.15) is 0 Å². The molecule has 0 radical (unpaired) electrons. The third kappa shape index (κ3) is 4.87. The van der Waals surface area contributed by atoms with E-state index < -0.39 is 29.6 Å². The first-order valence-electron chi connectivity index (χ1n) is 7.57. The van der Waals surface area contributed by atoms with Crippen molar-refractivity contribution in [2.75, 3.05) is 11.9 Å². The van der Waals surface area contributed by atoms with Crippen LogP contribution in [0.15, 0.2) is 28.7 Å². The van der Waals surface area contributed by atoms with Crippen LogP contribution in [0.5, 0.6) is 0 Å². The van der Waals surface area contributed by atoms with Crippen molar-refractivity contribution in [1.29, 1.82) is 0 Å². The van der Waals surface area contributed by atoms with E-state index in [4.69, 9.17) is 4.42 Å². The lowest BCUT2D eigenvalue weighted by molar-refractivity contribution is -0.136. The van der Waals surface area contributed by atoms with Crippen molar-refractivity contribution < 1.29 is 27.9 Å². The van der Waals surface area contributed by atoms with Gasteiger partial charge in [0.05, 0.1) is 11.8 Å². The summed E-state index contributed by atoms with van der Waals surface area (Å²) in [5, 5.41) is 14.4. The Kier molecular flexibility index (Phi) is 5.87. The topological polar surface area (TPSA) is 91.6 Å². The van der Waals surface area contributed by atoms with Crippen molar-refractivity contribution >= 4 is 17.5 Å². The van der Waals surface area contributed by atoms with Gasteiger partial charge < -0.3 is 20.2 Å². The first-order chi connectivity index (χ1) is 11.8. The van der Waals surface area contributed by atoms with Gasteiger partial charge in [-0.25, -0.2) is 8.78 Å². The Labute approximate surface area is 142 Å². The number of anilines is 1. The van der Waals surface area contributed by atoms with Gasteiger partial charge in [-0.1, -0.05) is 0 Å². The van der Waals surface area contributed by atoms with E-state index in [9.17, 15) is 23.5 Å². The Hall–Kier alpha value is -2.74. The summed E-state index contributed by atoms with van der Waals surface area (Å²) in [6, 6.07) is 4.27. The second-order valence-electron chi connectivity index (χ2n) is 5.51. The number of amides is 2. The van der Waals surface area contributed by atoms with Crippen molar-refractivity contribution in [1.82, 2.24) is 5.32 Å². The van der Waals surface area contributed by atoms with Crippen LogP contribution in [0.3, 0.4) is 0 Å². The zero-order valence-corrected chi connectivity index (χ0v) is 13.7. The number of rotatable bonds is 5. The van der Waals surface area contributed by atoms with E-state index in [-0.39, 0.29) is 18.7 Å². The molecule has 2 rings (SSSR count). The minimum Gasteiger partial charge on any atom is -0.466 e. The molecule has 0 aliphatic rings. The van der Waals surface area contributed by atoms with Gasteiger partial charge in [0.1, 0.15) is 23.2 Å². The van der Waals surface area contributed by atoms with Crippen molar-refractivity contribution in [3.8, 4) is 0 Å². The second-order valence-corrected chi connectivity index (χ2v) is 5.51. The summed E-state index contributed by atoms with van der Waals surface area (Å²) >= 11 is 0. The number of aryl methyl sites for hydroxylation is 2. The smallest absolute Gasteiger partial charge is 0.313 e. The highest BCUT2D eigenvalue weighted by atomic mass is 19.1. The lowest BCUT2D eigenvalue weighted by Gasteiger charge is -2.11. The van der Waals surface area contributed by atoms with Gasteiger partial charge in [0, 0.05) is 18.2 Å². The molecule has 1 unspecified atom stereocenters. The first-order valence-corrected chi connectivity index (χ1v) is 7.57. The molecule has 0 spiro atoms. The highest BCUT2D eigenvalue weighted by Gasteiger charge is 2.18. The molecule has 0 saturated carbocycles. The number of hydrogen-bond acceptors (Lipinski definition) is 4. The average Bonchev–Trinajstić information content (AvgIpc) is 2.88. The lowest BCUT2D eigenvalue weighted by atomic mass is 10.1. The van der Waals surface area contributed by atoms with E-state index in [0.717, 1.165) is 12.1 Å². The first kappa shape index (κ1) is 18.6. The standard InChI is InChI=1S/C17H18F2N2O4/c1-9-7-12(10(2)25-9)15(22)5-6-20-16(23)17(24)21-14-4-3-11(18)8-13(14)19/h3-4,7-8,15,22H,5-6H2,1-2H3,(H,20,23)(H,21,24). The van der Waals surface area contributed by atoms with Crippen LogP contribution in [0, 0.1) is 25.5 Å². The van der Waals surface area contributed by atoms with Gasteiger partial charge in [0.2, 0.25) is 0 Å². The molecule has 0 aliphatic heterocycles. The van der Waals surface area contributed by atoms with Crippen LogP contribution in [-0.2, 0) is 9.59 Å². The summed E-state index contributed by atoms with van der Waals surface area (Å²) in [5.41, 5.74) is 0.315. The zero-order chi connectivity index (χ0) is 18.6. The molecule has 2 amide bonds. The normalized spacial score (nSPS) is 11.9. The molecular weight excluding hydrogens is 334 g/mol. The Morgan fingerprint density at radius 3 is 2.52 bits per heavy atom. The number of carbonyl (C=O) groups excluding carboxylic acids is 2. The second kappa shape index (κ2) is 7.89. The number of benzene rings is 1. The summed E-state index contributed by atoms with van der Waals surface area (Å²) in [7, 11) is 0. The van der Waals surface area contributed by atoms with Crippen LogP contribution >= 0.6 is 0 Å². The number of aliphatic hydroxyl groups is 1. The van der Waals surface area contributed by atoms with Gasteiger partial charge in [-0.3, -0.25) is 9.59 Å². The number of carbonyl (C=O) groups is 2. The summed E-state index contributed by atoms with van der Waals surface area (Å²) < 4.78 is 31.5. The predicted octanol–water partition coefficient (Wildman–Crippen LogP) is 2.35. The molecule has 0 bridgehead atoms. The number of furan rings is 1. The predicted molar refractivity (Wildman–Crippen MR) is 85.8 cm³/mol. The van der Waals surface area contributed by atoms with E-state index in [1.807, 2.05) is 5.32 Å². The Bertz CT molecular complexity index is 789. The fraction of sp³-hybridized carbons (Fsp3) is 0.294. The van der Waals surface area contributed by atoms with Crippen molar-refractivity contribution in [2.24, 2.45) is 0 Å². The highest BCUT2D eigenvalue weighted by Crippen LogP contribution is 2.23. The molecule has 1 heterocycles. The molecule has 3 N–H and O–H groups in total. The SMILES string of the molecule is Cc1cc(C(O)CCNC(=O)C(=O)Nc2ccc(F)cc2F)c(C)o1. The molecule has 25 heavy (non-hydrogen) atoms. The summed E-state index contributed by atoms with van der Waals surface area (Å²) in [6.07, 6.45) is -0.681. The average molecular weight is 352 g/mol. The number of nitrogens with one attached hydrogen (secondary N) is 2. The monoisotopic (exact) mass is 352 g/mol. The van der Waals surface area contributed by atoms with Crippen LogP contribution in [-0.4, -0.2) is 23.5 Å². The fourth-order valence-electron chi connectivity index (χ4n) is 2.31. The molecule has 0 aliphatic carbocycles. The zero-order valence-electron chi connectivity index (χ0n) is 13.7. The molecule has 8 heteroatoms. The molecule has 134 valence electrons. The quantitative estimate of drug-likeness (QED) is 0.721. The van der Waals surface area contributed by atoms with Crippen LogP contribution in [0.1, 0.15) is 29.6 Å². The highest BCUT2D eigenvalue weighted by molar-refractivity contribution is 6.39. The van der Waals surface area contributed by atoms with Gasteiger partial charge in [-0.05, 0) is 38.5 Å². The number of halogens is 2. The minimum absolute atomic E-state index is 0.0307. The molecule has 2 aromatic rings. The Balaban J connectivity index is 1.83. The maximum atomic E-state index is 13.4. The van der Waals surface area contributed by atoms with E-state index in [0.29, 0.717) is 23.2 Å². The number of hydrogen-bond donors (Lipinski definition) is 3. The van der Waals surface area contributed by atoms with Crippen molar-refractivity contribution in [2.45, 2.75) is 26.4 Å². The molecule has 1 aromatic heterocycles. The third-order valence-corrected chi connectivity index (χ3v) is 3.53. The maximum absolute atomic E-state index is 13.4. The van der Waals surface area contributed by atoms with Crippen molar-refractivity contribution in [3.63, 3.8) is 0 Å². The summed E-state index contributed by atoms with van der Waals surface area (Å²) in [4.78, 5) is 23.4. The Morgan fingerprint density at radius 1 is 1.20 bits per heavy atom. The maximum Gasteiger partial charge on any atom is 0.313 e. The van der Waals surface area contributed by atoms with Gasteiger partial charge in [-0.15, -0.1) is 0 Å². The van der Waals surface area contributed by atoms with Crippen LogP contribution in [0.25, 0.3) is 0 Å². The van der Waals surface area contributed by atoms with E-state index in [1.165, 1.54) is 0 Å². The molecule has 1 aromatic carbocycles. The van der Waals surface area contributed by atoms with Gasteiger partial charge >= 0.3 is 11.8 Å². The Morgan fingerprint density at radius 2 is 1.92 bits per heavy atom. The number of aliphatic hydroxyl groups excluding tert-OH is 1. The van der Waals surface area contributed by atoms with Gasteiger partial charge in [0.15, 0.2) is 0 Å². The molecule has 1 atom stereocenters. The molecule has 0 saturated heterocycles. The van der Waals surface area contributed by atoms with Crippen LogP contribution in [0.2, 0.25) is 0 Å². The largest absolute Gasteiger partial charge is 0.466 e. The lowest BCUT2D eigenvalue weighted by Crippen LogP contribution is -2.36. The molecule has 0 fully saturated rings. The van der Waals surface area contributed by atoms with Crippen molar-refractivity contribution in [3.05, 3.63) is 53.0 Å². The van der Waals surface area contributed by atoms with Crippen LogP contribution in [0.4, 0.5) is 14.5 Å².